The molecule has 2 nitrogen and oxygen atoms in total. The first kappa shape index (κ1) is 19.7. The van der Waals surface area contributed by atoms with Crippen LogP contribution in [0.25, 0.3) is 0 Å². The summed E-state index contributed by atoms with van der Waals surface area (Å²) < 4.78 is 31.7. The van der Waals surface area contributed by atoms with Gasteiger partial charge < -0.3 is 4.74 Å². The standard InChI is InChI=1S/C15H28F2O2S/c1-5-8-15(16,17)9-7-10-20-13(11-12(3)4)14(18)19-6-2/h12-13H,5-11H2,1-4H3. The van der Waals surface area contributed by atoms with E-state index >= 15 is 0 Å². The summed E-state index contributed by atoms with van der Waals surface area (Å²) >= 11 is 1.45. The zero-order valence-corrected chi connectivity index (χ0v) is 13.9. The Balaban J connectivity index is 4.10. The molecule has 0 aromatic rings. The van der Waals surface area contributed by atoms with Crippen molar-refractivity contribution < 1.29 is 18.3 Å². The quantitative estimate of drug-likeness (QED) is 0.400. The van der Waals surface area contributed by atoms with E-state index in [0.29, 0.717) is 31.1 Å². The van der Waals surface area contributed by atoms with Crippen molar-refractivity contribution >= 4 is 17.7 Å². The molecule has 0 radical (unpaired) electrons. The molecule has 0 N–H and O–H groups in total. The highest BCUT2D eigenvalue weighted by molar-refractivity contribution is 8.00. The van der Waals surface area contributed by atoms with E-state index in [2.05, 4.69) is 0 Å². The van der Waals surface area contributed by atoms with E-state index in [4.69, 9.17) is 4.74 Å². The lowest BCUT2D eigenvalue weighted by molar-refractivity contribution is -0.142. The maximum absolute atomic E-state index is 13.3. The number of esters is 1. The molecular formula is C15H28F2O2S. The third-order valence-corrected chi connectivity index (χ3v) is 4.17. The number of carbonyl (C=O) groups is 1. The van der Waals surface area contributed by atoms with Crippen LogP contribution in [-0.2, 0) is 9.53 Å². The van der Waals surface area contributed by atoms with Crippen LogP contribution >= 0.6 is 11.8 Å². The normalized spacial score (nSPS) is 13.6. The fourth-order valence-corrected chi connectivity index (χ4v) is 3.26. The van der Waals surface area contributed by atoms with E-state index in [1.807, 2.05) is 13.8 Å². The molecule has 0 spiro atoms. The van der Waals surface area contributed by atoms with Gasteiger partial charge in [-0.3, -0.25) is 4.79 Å². The lowest BCUT2D eigenvalue weighted by Crippen LogP contribution is -2.23. The Bertz CT molecular complexity index is 271. The summed E-state index contributed by atoms with van der Waals surface area (Å²) in [6.07, 6.45) is 1.52. The lowest BCUT2D eigenvalue weighted by atomic mass is 10.1. The largest absolute Gasteiger partial charge is 0.465 e. The van der Waals surface area contributed by atoms with E-state index in [0.717, 1.165) is 6.42 Å². The van der Waals surface area contributed by atoms with Gasteiger partial charge in [0, 0.05) is 12.8 Å². The molecule has 0 aliphatic rings. The molecule has 120 valence electrons. The molecule has 1 atom stereocenters. The third-order valence-electron chi connectivity index (χ3n) is 2.86. The van der Waals surface area contributed by atoms with Crippen LogP contribution in [0.5, 0.6) is 0 Å². The van der Waals surface area contributed by atoms with Gasteiger partial charge in [0.05, 0.1) is 6.61 Å². The van der Waals surface area contributed by atoms with Crippen LogP contribution in [0.4, 0.5) is 8.78 Å². The minimum absolute atomic E-state index is 0.0506. The number of thioether (sulfide) groups is 1. The maximum atomic E-state index is 13.3. The topological polar surface area (TPSA) is 26.3 Å². The molecule has 0 aliphatic heterocycles. The van der Waals surface area contributed by atoms with Crippen molar-refractivity contribution in [3.63, 3.8) is 0 Å². The highest BCUT2D eigenvalue weighted by atomic mass is 32.2. The van der Waals surface area contributed by atoms with Crippen molar-refractivity contribution in [3.05, 3.63) is 0 Å². The average molecular weight is 310 g/mol. The van der Waals surface area contributed by atoms with Crippen molar-refractivity contribution in [2.45, 2.75) is 71.0 Å². The van der Waals surface area contributed by atoms with Gasteiger partial charge in [-0.1, -0.05) is 27.2 Å². The molecule has 0 saturated carbocycles. The number of rotatable bonds is 11. The van der Waals surface area contributed by atoms with Crippen LogP contribution in [0.15, 0.2) is 0 Å². The van der Waals surface area contributed by atoms with E-state index in [1.165, 1.54) is 11.8 Å². The molecule has 0 aromatic carbocycles. The molecule has 0 heterocycles. The van der Waals surface area contributed by atoms with Crippen molar-refractivity contribution in [1.82, 2.24) is 0 Å². The average Bonchev–Trinajstić information content (AvgIpc) is 2.32. The monoisotopic (exact) mass is 310 g/mol. The Kier molecular flexibility index (Phi) is 10.2. The van der Waals surface area contributed by atoms with Gasteiger partial charge in [0.1, 0.15) is 5.25 Å². The molecule has 0 fully saturated rings. The molecule has 0 aliphatic carbocycles. The molecule has 0 amide bonds. The zero-order chi connectivity index (χ0) is 15.6. The highest BCUT2D eigenvalue weighted by Gasteiger charge is 2.27. The van der Waals surface area contributed by atoms with Gasteiger partial charge in [-0.05, 0) is 31.4 Å². The Morgan fingerprint density at radius 3 is 2.40 bits per heavy atom. The Morgan fingerprint density at radius 2 is 1.90 bits per heavy atom. The van der Waals surface area contributed by atoms with Gasteiger partial charge in [-0.2, -0.15) is 0 Å². The van der Waals surface area contributed by atoms with Gasteiger partial charge in [0.15, 0.2) is 0 Å². The second-order valence-electron chi connectivity index (χ2n) is 5.45. The number of hydrogen-bond acceptors (Lipinski definition) is 3. The molecule has 20 heavy (non-hydrogen) atoms. The lowest BCUT2D eigenvalue weighted by Gasteiger charge is -2.18. The first-order chi connectivity index (χ1) is 9.32. The van der Waals surface area contributed by atoms with Crippen molar-refractivity contribution in [3.8, 4) is 0 Å². The number of ether oxygens (including phenoxy) is 1. The van der Waals surface area contributed by atoms with E-state index in [-0.39, 0.29) is 24.1 Å². The molecule has 0 rings (SSSR count). The minimum atomic E-state index is -2.56. The van der Waals surface area contributed by atoms with Crippen LogP contribution in [0, 0.1) is 5.92 Å². The maximum Gasteiger partial charge on any atom is 0.319 e. The minimum Gasteiger partial charge on any atom is -0.465 e. The Labute approximate surface area is 126 Å². The summed E-state index contributed by atoms with van der Waals surface area (Å²) in [6, 6.07) is 0. The van der Waals surface area contributed by atoms with E-state index in [9.17, 15) is 13.6 Å². The predicted molar refractivity (Wildman–Crippen MR) is 81.4 cm³/mol. The SMILES string of the molecule is CCCC(F)(F)CCCSC(CC(C)C)C(=O)OCC. The van der Waals surface area contributed by atoms with Gasteiger partial charge >= 0.3 is 5.97 Å². The van der Waals surface area contributed by atoms with E-state index < -0.39 is 5.92 Å². The van der Waals surface area contributed by atoms with Crippen molar-refractivity contribution in [2.24, 2.45) is 5.92 Å². The highest BCUT2D eigenvalue weighted by Crippen LogP contribution is 2.28. The van der Waals surface area contributed by atoms with Gasteiger partial charge in [-0.25, -0.2) is 8.78 Å². The second-order valence-corrected chi connectivity index (χ2v) is 6.76. The van der Waals surface area contributed by atoms with Crippen LogP contribution in [0.3, 0.4) is 0 Å². The third kappa shape index (κ3) is 9.56. The molecule has 5 heteroatoms. The Hall–Kier alpha value is -0.320. The van der Waals surface area contributed by atoms with Gasteiger partial charge in [0.2, 0.25) is 5.92 Å². The van der Waals surface area contributed by atoms with Crippen molar-refractivity contribution in [2.75, 3.05) is 12.4 Å². The summed E-state index contributed by atoms with van der Waals surface area (Å²) in [5, 5.41) is -0.227. The van der Waals surface area contributed by atoms with Crippen molar-refractivity contribution in [1.29, 1.82) is 0 Å². The summed E-state index contributed by atoms with van der Waals surface area (Å²) in [5.74, 6) is -1.81. The fraction of sp³-hybridized carbons (Fsp3) is 0.933. The summed E-state index contributed by atoms with van der Waals surface area (Å²) in [5.41, 5.74) is 0. The number of carbonyl (C=O) groups excluding carboxylic acids is 1. The van der Waals surface area contributed by atoms with Gasteiger partial charge in [0.25, 0.3) is 0 Å². The molecule has 0 aromatic heterocycles. The first-order valence-electron chi connectivity index (χ1n) is 7.48. The number of hydrogen-bond donors (Lipinski definition) is 0. The Morgan fingerprint density at radius 1 is 1.25 bits per heavy atom. The smallest absolute Gasteiger partial charge is 0.319 e. The fourth-order valence-electron chi connectivity index (χ4n) is 1.94. The first-order valence-corrected chi connectivity index (χ1v) is 8.53. The van der Waals surface area contributed by atoms with Crippen LogP contribution in [-0.4, -0.2) is 29.5 Å². The summed E-state index contributed by atoms with van der Waals surface area (Å²) in [4.78, 5) is 11.8. The van der Waals surface area contributed by atoms with Crippen LogP contribution < -0.4 is 0 Å². The zero-order valence-electron chi connectivity index (χ0n) is 13.1. The summed E-state index contributed by atoms with van der Waals surface area (Å²) in [7, 11) is 0. The van der Waals surface area contributed by atoms with Gasteiger partial charge in [-0.15, -0.1) is 11.8 Å². The van der Waals surface area contributed by atoms with Crippen LogP contribution in [0.2, 0.25) is 0 Å². The van der Waals surface area contributed by atoms with E-state index in [1.54, 1.807) is 13.8 Å². The van der Waals surface area contributed by atoms with Crippen LogP contribution in [0.1, 0.15) is 59.8 Å². The second kappa shape index (κ2) is 10.4. The summed E-state index contributed by atoms with van der Waals surface area (Å²) in [6.45, 7) is 8.00. The predicted octanol–water partition coefficient (Wildman–Crippen LogP) is 4.91. The number of halogens is 2. The molecule has 0 bridgehead atoms. The molecule has 0 saturated heterocycles. The molecular weight excluding hydrogens is 282 g/mol. The number of alkyl halides is 2. The molecule has 1 unspecified atom stereocenters.